The van der Waals surface area contributed by atoms with E-state index in [0.29, 0.717) is 17.7 Å². The van der Waals surface area contributed by atoms with Crippen LogP contribution >= 0.6 is 11.8 Å². The van der Waals surface area contributed by atoms with Crippen molar-refractivity contribution in [1.82, 2.24) is 5.32 Å². The van der Waals surface area contributed by atoms with E-state index in [1.54, 1.807) is 11.8 Å². The molecule has 0 saturated carbocycles. The fraction of sp³-hybridized carbons (Fsp3) is 0.385. The minimum Gasteiger partial charge on any atom is -0.508 e. The Hall–Kier alpha value is -1.69. The van der Waals surface area contributed by atoms with Crippen LogP contribution in [0.5, 0.6) is 5.75 Å². The summed E-state index contributed by atoms with van der Waals surface area (Å²) in [5.41, 5.74) is 0.326. The van der Waals surface area contributed by atoms with Gasteiger partial charge in [-0.1, -0.05) is 6.92 Å². The molecule has 1 atom stereocenters. The predicted octanol–water partition coefficient (Wildman–Crippen LogP) is 1.72. The van der Waals surface area contributed by atoms with Gasteiger partial charge in [0, 0.05) is 5.56 Å². The van der Waals surface area contributed by atoms with Crippen molar-refractivity contribution in [3.63, 3.8) is 0 Å². The van der Waals surface area contributed by atoms with E-state index >= 15 is 0 Å². The van der Waals surface area contributed by atoms with Gasteiger partial charge < -0.3 is 15.5 Å². The van der Waals surface area contributed by atoms with E-state index in [4.69, 9.17) is 10.2 Å². The maximum Gasteiger partial charge on any atom is 0.326 e. The summed E-state index contributed by atoms with van der Waals surface area (Å²) < 4.78 is 0. The Balaban J connectivity index is 2.60. The van der Waals surface area contributed by atoms with Crippen molar-refractivity contribution in [2.75, 3.05) is 11.5 Å². The zero-order valence-electron chi connectivity index (χ0n) is 10.6. The Bertz CT molecular complexity index is 433. The zero-order chi connectivity index (χ0) is 14.3. The SMILES string of the molecule is CCSCCC(NC(=O)c1ccc(O)cc1)C(=O)O. The van der Waals surface area contributed by atoms with Gasteiger partial charge in [-0.3, -0.25) is 4.79 Å². The summed E-state index contributed by atoms with van der Waals surface area (Å²) in [5.74, 6) is 0.171. The summed E-state index contributed by atoms with van der Waals surface area (Å²) in [6.45, 7) is 2.00. The average Bonchev–Trinajstić information content (AvgIpc) is 2.38. The van der Waals surface area contributed by atoms with Crippen LogP contribution in [0.1, 0.15) is 23.7 Å². The number of amides is 1. The van der Waals surface area contributed by atoms with Crippen LogP contribution in [0.4, 0.5) is 0 Å². The fourth-order valence-electron chi connectivity index (χ4n) is 1.46. The molecule has 1 aromatic rings. The number of hydrogen-bond acceptors (Lipinski definition) is 4. The number of nitrogens with one attached hydrogen (secondary N) is 1. The van der Waals surface area contributed by atoms with Gasteiger partial charge >= 0.3 is 5.97 Å². The monoisotopic (exact) mass is 283 g/mol. The third kappa shape index (κ3) is 5.21. The van der Waals surface area contributed by atoms with Crippen LogP contribution in [0, 0.1) is 0 Å². The molecule has 0 aromatic heterocycles. The Morgan fingerprint density at radius 1 is 1.32 bits per heavy atom. The Labute approximate surface area is 116 Å². The first-order valence-electron chi connectivity index (χ1n) is 5.95. The molecule has 19 heavy (non-hydrogen) atoms. The van der Waals surface area contributed by atoms with Gasteiger partial charge in [-0.15, -0.1) is 0 Å². The normalized spacial score (nSPS) is 11.8. The van der Waals surface area contributed by atoms with E-state index < -0.39 is 17.9 Å². The summed E-state index contributed by atoms with van der Waals surface area (Å²) in [4.78, 5) is 22.9. The number of phenolic OH excluding ortho intramolecular Hbond substituents is 1. The average molecular weight is 283 g/mol. The molecule has 1 rings (SSSR count). The molecule has 1 amide bonds. The number of aromatic hydroxyl groups is 1. The quantitative estimate of drug-likeness (QED) is 0.663. The van der Waals surface area contributed by atoms with Crippen molar-refractivity contribution in [2.45, 2.75) is 19.4 Å². The van der Waals surface area contributed by atoms with Gasteiger partial charge in [0.25, 0.3) is 5.91 Å². The van der Waals surface area contributed by atoms with Crippen molar-refractivity contribution in [1.29, 1.82) is 0 Å². The molecule has 104 valence electrons. The smallest absolute Gasteiger partial charge is 0.326 e. The molecule has 0 spiro atoms. The largest absolute Gasteiger partial charge is 0.508 e. The first-order valence-corrected chi connectivity index (χ1v) is 7.10. The van der Waals surface area contributed by atoms with Crippen LogP contribution in [0.25, 0.3) is 0 Å². The Kier molecular flexibility index (Phi) is 6.21. The molecule has 0 aliphatic carbocycles. The number of carboxylic acids is 1. The van der Waals surface area contributed by atoms with Crippen LogP contribution in [0.15, 0.2) is 24.3 Å². The van der Waals surface area contributed by atoms with Crippen molar-refractivity contribution < 1.29 is 19.8 Å². The second kappa shape index (κ2) is 7.68. The Morgan fingerprint density at radius 3 is 2.47 bits per heavy atom. The highest BCUT2D eigenvalue weighted by atomic mass is 32.2. The molecule has 0 saturated heterocycles. The van der Waals surface area contributed by atoms with Crippen LogP contribution in [-0.2, 0) is 4.79 Å². The molecular weight excluding hydrogens is 266 g/mol. The molecule has 0 aliphatic rings. The predicted molar refractivity (Wildman–Crippen MR) is 74.6 cm³/mol. The number of carboxylic acid groups (broad SMARTS) is 1. The molecule has 0 aliphatic heterocycles. The van der Waals surface area contributed by atoms with Crippen molar-refractivity contribution in [2.24, 2.45) is 0 Å². The molecule has 0 radical (unpaired) electrons. The first-order chi connectivity index (χ1) is 9.04. The number of rotatable bonds is 7. The Morgan fingerprint density at radius 2 is 1.95 bits per heavy atom. The molecule has 1 aromatic carbocycles. The van der Waals surface area contributed by atoms with Gasteiger partial charge in [-0.05, 0) is 42.2 Å². The highest BCUT2D eigenvalue weighted by Crippen LogP contribution is 2.10. The number of thioether (sulfide) groups is 1. The molecule has 6 heteroatoms. The lowest BCUT2D eigenvalue weighted by atomic mass is 10.1. The zero-order valence-corrected chi connectivity index (χ0v) is 11.4. The van der Waals surface area contributed by atoms with E-state index in [1.165, 1.54) is 24.3 Å². The highest BCUT2D eigenvalue weighted by molar-refractivity contribution is 7.99. The van der Waals surface area contributed by atoms with Crippen molar-refractivity contribution in [3.05, 3.63) is 29.8 Å². The summed E-state index contributed by atoms with van der Waals surface area (Å²) in [7, 11) is 0. The van der Waals surface area contributed by atoms with Crippen LogP contribution in [-0.4, -0.2) is 39.6 Å². The molecule has 0 fully saturated rings. The van der Waals surface area contributed by atoms with Gasteiger partial charge in [0.1, 0.15) is 11.8 Å². The highest BCUT2D eigenvalue weighted by Gasteiger charge is 2.20. The van der Waals surface area contributed by atoms with Gasteiger partial charge in [-0.25, -0.2) is 4.79 Å². The summed E-state index contributed by atoms with van der Waals surface area (Å²) >= 11 is 1.63. The summed E-state index contributed by atoms with van der Waals surface area (Å²) in [5, 5.41) is 20.6. The van der Waals surface area contributed by atoms with E-state index in [9.17, 15) is 9.59 Å². The third-order valence-electron chi connectivity index (χ3n) is 2.49. The van der Waals surface area contributed by atoms with Crippen molar-refractivity contribution >= 4 is 23.6 Å². The van der Waals surface area contributed by atoms with E-state index in [-0.39, 0.29) is 5.75 Å². The minimum atomic E-state index is -1.04. The van der Waals surface area contributed by atoms with Gasteiger partial charge in [0.2, 0.25) is 0 Å². The van der Waals surface area contributed by atoms with E-state index in [1.807, 2.05) is 6.92 Å². The topological polar surface area (TPSA) is 86.6 Å². The molecule has 3 N–H and O–H groups in total. The van der Waals surface area contributed by atoms with Gasteiger partial charge in [-0.2, -0.15) is 11.8 Å². The lowest BCUT2D eigenvalue weighted by molar-refractivity contribution is -0.139. The van der Waals surface area contributed by atoms with Gasteiger partial charge in [0.05, 0.1) is 0 Å². The molecule has 1 unspecified atom stereocenters. The number of carbonyl (C=O) groups is 2. The number of phenols is 1. The lowest BCUT2D eigenvalue weighted by Gasteiger charge is -2.14. The van der Waals surface area contributed by atoms with Crippen LogP contribution < -0.4 is 5.32 Å². The molecule has 5 nitrogen and oxygen atoms in total. The molecule has 0 heterocycles. The number of aliphatic carboxylic acids is 1. The van der Waals surface area contributed by atoms with E-state index in [0.717, 1.165) is 5.75 Å². The van der Waals surface area contributed by atoms with Crippen LogP contribution in [0.2, 0.25) is 0 Å². The minimum absolute atomic E-state index is 0.0608. The van der Waals surface area contributed by atoms with Gasteiger partial charge in [0.15, 0.2) is 0 Å². The van der Waals surface area contributed by atoms with E-state index in [2.05, 4.69) is 5.32 Å². The second-order valence-electron chi connectivity index (χ2n) is 3.90. The van der Waals surface area contributed by atoms with Crippen molar-refractivity contribution in [3.8, 4) is 5.75 Å². The maximum atomic E-state index is 11.8. The fourth-order valence-corrected chi connectivity index (χ4v) is 2.15. The summed E-state index contributed by atoms with van der Waals surface area (Å²) in [6, 6.07) is 4.78. The standard InChI is InChI=1S/C13H17NO4S/c1-2-19-8-7-11(13(17)18)14-12(16)9-3-5-10(15)6-4-9/h3-6,11,15H,2,7-8H2,1H3,(H,14,16)(H,17,18). The summed E-state index contributed by atoms with van der Waals surface area (Å²) in [6.07, 6.45) is 0.387. The number of hydrogen-bond donors (Lipinski definition) is 3. The molecular formula is C13H17NO4S. The lowest BCUT2D eigenvalue weighted by Crippen LogP contribution is -2.41. The molecule has 0 bridgehead atoms. The number of benzene rings is 1. The second-order valence-corrected chi connectivity index (χ2v) is 5.29. The number of carbonyl (C=O) groups excluding carboxylic acids is 1. The van der Waals surface area contributed by atoms with Crippen LogP contribution in [0.3, 0.4) is 0 Å². The first kappa shape index (κ1) is 15.4. The third-order valence-corrected chi connectivity index (χ3v) is 3.42. The maximum absolute atomic E-state index is 11.8.